The van der Waals surface area contributed by atoms with Crippen LogP contribution in [0.5, 0.6) is 0 Å². The number of fused-ring (bicyclic) bond motifs is 1. The number of thiophene rings is 1. The summed E-state index contributed by atoms with van der Waals surface area (Å²) in [5.74, 6) is 0.539. The van der Waals surface area contributed by atoms with E-state index in [1.54, 1.807) is 24.6 Å². The monoisotopic (exact) mass is 311 g/mol. The number of benzene rings is 1. The molecule has 1 aromatic carbocycles. The molecule has 6 heteroatoms. The summed E-state index contributed by atoms with van der Waals surface area (Å²) in [4.78, 5) is 17.2. The van der Waals surface area contributed by atoms with Crippen LogP contribution in [0.4, 0.5) is 0 Å². The molecule has 0 unspecified atom stereocenters. The molecule has 5 nitrogen and oxygen atoms in total. The van der Waals surface area contributed by atoms with E-state index in [-0.39, 0.29) is 5.76 Å². The first-order valence-electron chi connectivity index (χ1n) is 6.83. The van der Waals surface area contributed by atoms with Gasteiger partial charge in [0, 0.05) is 25.5 Å². The van der Waals surface area contributed by atoms with Gasteiger partial charge in [0.25, 0.3) is 0 Å². The van der Waals surface area contributed by atoms with E-state index in [9.17, 15) is 4.79 Å². The molecule has 0 amide bonds. The van der Waals surface area contributed by atoms with Gasteiger partial charge in [0.15, 0.2) is 11.4 Å². The molecule has 3 heterocycles. The van der Waals surface area contributed by atoms with E-state index in [1.807, 2.05) is 29.0 Å². The minimum Gasteiger partial charge on any atom is -0.408 e. The summed E-state index contributed by atoms with van der Waals surface area (Å²) in [6.45, 7) is 2.07. The van der Waals surface area contributed by atoms with Crippen LogP contribution in [0.15, 0.2) is 51.3 Å². The zero-order valence-corrected chi connectivity index (χ0v) is 12.9. The zero-order valence-electron chi connectivity index (χ0n) is 12.1. The minimum absolute atomic E-state index is 0.355. The molecule has 0 N–H and O–H groups in total. The molecule has 0 fully saturated rings. The van der Waals surface area contributed by atoms with E-state index in [4.69, 9.17) is 4.42 Å². The Morgan fingerprint density at radius 1 is 1.27 bits per heavy atom. The summed E-state index contributed by atoms with van der Waals surface area (Å²) in [6, 6.07) is 7.80. The van der Waals surface area contributed by atoms with Crippen molar-refractivity contribution < 1.29 is 4.42 Å². The molecule has 0 bridgehead atoms. The van der Waals surface area contributed by atoms with Crippen molar-refractivity contribution in [1.29, 1.82) is 0 Å². The Bertz CT molecular complexity index is 1040. The highest BCUT2D eigenvalue weighted by molar-refractivity contribution is 7.13. The highest BCUT2D eigenvalue weighted by Crippen LogP contribution is 2.30. The Balaban J connectivity index is 1.92. The predicted octanol–water partition coefficient (Wildman–Crippen LogP) is 3.35. The summed E-state index contributed by atoms with van der Waals surface area (Å²) in [5.41, 5.74) is 3.47. The first-order chi connectivity index (χ1) is 10.6. The van der Waals surface area contributed by atoms with Crippen LogP contribution in [0, 0.1) is 6.92 Å². The van der Waals surface area contributed by atoms with Gasteiger partial charge in [-0.25, -0.2) is 9.78 Å². The Hall–Kier alpha value is -2.60. The van der Waals surface area contributed by atoms with Crippen molar-refractivity contribution in [3.8, 4) is 16.4 Å². The largest absolute Gasteiger partial charge is 0.419 e. The van der Waals surface area contributed by atoms with Crippen molar-refractivity contribution in [2.45, 2.75) is 6.92 Å². The van der Waals surface area contributed by atoms with Gasteiger partial charge in [0.1, 0.15) is 0 Å². The summed E-state index contributed by atoms with van der Waals surface area (Å²) in [6.07, 6.45) is 3.69. The first-order valence-corrected chi connectivity index (χ1v) is 7.71. The smallest absolute Gasteiger partial charge is 0.408 e. The Morgan fingerprint density at radius 2 is 2.14 bits per heavy atom. The average Bonchev–Trinajstić information content (AvgIpc) is 3.19. The van der Waals surface area contributed by atoms with Crippen molar-refractivity contribution in [3.63, 3.8) is 0 Å². The molecular weight excluding hydrogens is 298 g/mol. The maximum absolute atomic E-state index is 11.6. The molecule has 0 spiro atoms. The van der Waals surface area contributed by atoms with Crippen molar-refractivity contribution in [2.75, 3.05) is 0 Å². The van der Waals surface area contributed by atoms with Crippen molar-refractivity contribution in [3.05, 3.63) is 58.2 Å². The van der Waals surface area contributed by atoms with Crippen LogP contribution in [0.2, 0.25) is 0 Å². The first kappa shape index (κ1) is 13.1. The lowest BCUT2D eigenvalue weighted by atomic mass is 10.2. The lowest BCUT2D eigenvalue weighted by Gasteiger charge is -2.07. The number of rotatable bonds is 2. The lowest BCUT2D eigenvalue weighted by Crippen LogP contribution is -2.08. The van der Waals surface area contributed by atoms with Gasteiger partial charge < -0.3 is 4.42 Å². The van der Waals surface area contributed by atoms with Gasteiger partial charge in [-0.3, -0.25) is 9.13 Å². The summed E-state index contributed by atoms with van der Waals surface area (Å²) in [7, 11) is 1.70. The second kappa shape index (κ2) is 4.71. The lowest BCUT2D eigenvalue weighted by molar-refractivity contribution is 0.528. The van der Waals surface area contributed by atoms with Crippen molar-refractivity contribution in [2.24, 2.45) is 7.05 Å². The van der Waals surface area contributed by atoms with E-state index in [0.717, 1.165) is 21.9 Å². The van der Waals surface area contributed by atoms with E-state index in [2.05, 4.69) is 23.4 Å². The highest BCUT2D eigenvalue weighted by Gasteiger charge is 2.13. The number of imidazole rings is 1. The van der Waals surface area contributed by atoms with Gasteiger partial charge in [0.2, 0.25) is 0 Å². The normalized spacial score (nSPS) is 11.4. The second-order valence-electron chi connectivity index (χ2n) is 5.13. The molecule has 0 saturated carbocycles. The maximum Gasteiger partial charge on any atom is 0.419 e. The topological polar surface area (TPSA) is 53.0 Å². The number of hydrogen-bond acceptors (Lipinski definition) is 4. The minimum atomic E-state index is -0.355. The van der Waals surface area contributed by atoms with E-state index in [0.29, 0.717) is 5.58 Å². The molecule has 22 heavy (non-hydrogen) atoms. The molecule has 0 atom stereocenters. The molecule has 0 aliphatic heterocycles. The van der Waals surface area contributed by atoms with E-state index < -0.39 is 0 Å². The van der Waals surface area contributed by atoms with Gasteiger partial charge in [-0.2, -0.15) is 0 Å². The Kier molecular flexibility index (Phi) is 2.80. The van der Waals surface area contributed by atoms with Crippen LogP contribution in [-0.4, -0.2) is 14.1 Å². The fraction of sp³-hybridized carbons (Fsp3) is 0.125. The SMILES string of the molecule is Cc1ccsc1-c1nccn1-c1ccc2c(c1)oc(=O)n2C. The quantitative estimate of drug-likeness (QED) is 0.570. The standard InChI is InChI=1S/C16H13N3O2S/c1-10-5-8-22-14(10)15-17-6-7-19(15)11-3-4-12-13(9-11)21-16(20)18(12)2/h3-9H,1-2H3. The third-order valence-corrected chi connectivity index (χ3v) is 4.77. The fourth-order valence-corrected chi connectivity index (χ4v) is 3.47. The molecule has 0 aliphatic rings. The second-order valence-corrected chi connectivity index (χ2v) is 6.05. The summed E-state index contributed by atoms with van der Waals surface area (Å²) < 4.78 is 8.77. The van der Waals surface area contributed by atoms with Crippen LogP contribution >= 0.6 is 11.3 Å². The molecule has 0 aliphatic carbocycles. The molecule has 4 rings (SSSR count). The average molecular weight is 311 g/mol. The van der Waals surface area contributed by atoms with Crippen LogP contribution in [-0.2, 0) is 7.05 Å². The van der Waals surface area contributed by atoms with Crippen molar-refractivity contribution >= 4 is 22.4 Å². The van der Waals surface area contributed by atoms with Crippen molar-refractivity contribution in [1.82, 2.24) is 14.1 Å². The van der Waals surface area contributed by atoms with E-state index >= 15 is 0 Å². The Morgan fingerprint density at radius 3 is 2.91 bits per heavy atom. The third-order valence-electron chi connectivity index (χ3n) is 3.76. The molecule has 3 aromatic heterocycles. The highest BCUT2D eigenvalue weighted by atomic mass is 32.1. The van der Waals surface area contributed by atoms with Gasteiger partial charge in [-0.15, -0.1) is 11.3 Å². The van der Waals surface area contributed by atoms with Crippen LogP contribution in [0.3, 0.4) is 0 Å². The number of aryl methyl sites for hydroxylation is 2. The molecule has 0 radical (unpaired) electrons. The summed E-state index contributed by atoms with van der Waals surface area (Å²) >= 11 is 1.67. The van der Waals surface area contributed by atoms with Gasteiger partial charge >= 0.3 is 5.76 Å². The van der Waals surface area contributed by atoms with Crippen LogP contribution in [0.1, 0.15) is 5.56 Å². The third kappa shape index (κ3) is 1.84. The number of oxazole rings is 1. The van der Waals surface area contributed by atoms with Crippen LogP contribution < -0.4 is 5.76 Å². The van der Waals surface area contributed by atoms with Crippen LogP contribution in [0.25, 0.3) is 27.5 Å². The van der Waals surface area contributed by atoms with Gasteiger partial charge in [-0.05, 0) is 36.1 Å². The number of nitrogens with zero attached hydrogens (tertiary/aromatic N) is 3. The molecule has 0 saturated heterocycles. The zero-order chi connectivity index (χ0) is 15.3. The molecule has 110 valence electrons. The number of hydrogen-bond donors (Lipinski definition) is 0. The van der Waals surface area contributed by atoms with Gasteiger partial charge in [-0.1, -0.05) is 0 Å². The number of aromatic nitrogens is 3. The maximum atomic E-state index is 11.6. The fourth-order valence-electron chi connectivity index (χ4n) is 2.55. The molecule has 4 aromatic rings. The molecular formula is C16H13N3O2S. The van der Waals surface area contributed by atoms with Gasteiger partial charge in [0.05, 0.1) is 16.1 Å². The van der Waals surface area contributed by atoms with E-state index in [1.165, 1.54) is 10.1 Å². The summed E-state index contributed by atoms with van der Waals surface area (Å²) in [5, 5.41) is 2.06. The predicted molar refractivity (Wildman–Crippen MR) is 86.6 cm³/mol. The Labute approximate surface area is 130 Å².